The Kier molecular flexibility index (Phi) is 2.59. The Morgan fingerprint density at radius 1 is 1.35 bits per heavy atom. The summed E-state index contributed by atoms with van der Waals surface area (Å²) in [5.74, 6) is -3.37. The summed E-state index contributed by atoms with van der Waals surface area (Å²) in [6, 6.07) is 0. The summed E-state index contributed by atoms with van der Waals surface area (Å²) < 4.78 is 30.7. The van der Waals surface area contributed by atoms with Crippen molar-refractivity contribution >= 4 is 5.97 Å². The first kappa shape index (κ1) is 11.3. The molecule has 0 saturated carbocycles. The Bertz CT molecular complexity index is 325. The highest BCUT2D eigenvalue weighted by Gasteiger charge is 2.51. The molecular weight excluding hydrogens is 230 g/mol. The van der Waals surface area contributed by atoms with Crippen LogP contribution >= 0.6 is 0 Å². The van der Waals surface area contributed by atoms with Crippen molar-refractivity contribution in [2.45, 2.75) is 18.4 Å². The lowest BCUT2D eigenvalue weighted by molar-refractivity contribution is -0.159. The smallest absolute Gasteiger partial charge is 0.377 e. The number of fused-ring (bicyclic) bond motifs is 1. The van der Waals surface area contributed by atoms with Crippen LogP contribution in [0.15, 0.2) is 0 Å². The molecule has 0 aromatic heterocycles. The summed E-state index contributed by atoms with van der Waals surface area (Å²) >= 11 is 0. The number of nitrogens with zero attached hydrogens (tertiary/aromatic N) is 1. The Hall–Kier alpha value is -0.750. The molecular formula is C11H16F2N2O2. The van der Waals surface area contributed by atoms with E-state index in [1.54, 1.807) is 0 Å². The van der Waals surface area contributed by atoms with Crippen LogP contribution in [-0.2, 0) is 9.53 Å². The van der Waals surface area contributed by atoms with Crippen LogP contribution in [-0.4, -0.2) is 55.6 Å². The number of alkyl halides is 2. The van der Waals surface area contributed by atoms with Crippen LogP contribution in [0.1, 0.15) is 6.42 Å². The van der Waals surface area contributed by atoms with Gasteiger partial charge in [-0.2, -0.15) is 8.78 Å². The monoisotopic (exact) mass is 246 g/mol. The molecule has 0 aromatic rings. The number of hydrogen-bond donors (Lipinski definition) is 1. The van der Waals surface area contributed by atoms with Crippen molar-refractivity contribution in [3.05, 3.63) is 0 Å². The first-order chi connectivity index (χ1) is 8.04. The van der Waals surface area contributed by atoms with Crippen LogP contribution in [0.2, 0.25) is 0 Å². The quantitative estimate of drug-likeness (QED) is 0.701. The maximum Gasteiger partial charge on any atom is 0.377 e. The molecule has 0 radical (unpaired) electrons. The lowest BCUT2D eigenvalue weighted by Gasteiger charge is -2.19. The van der Waals surface area contributed by atoms with Gasteiger partial charge in [0.25, 0.3) is 0 Å². The lowest BCUT2D eigenvalue weighted by Crippen LogP contribution is -2.33. The van der Waals surface area contributed by atoms with E-state index in [2.05, 4.69) is 10.2 Å². The highest BCUT2D eigenvalue weighted by Crippen LogP contribution is 2.33. The summed E-state index contributed by atoms with van der Waals surface area (Å²) in [6.45, 7) is 4.34. The van der Waals surface area contributed by atoms with E-state index in [-0.39, 0.29) is 0 Å². The normalized spacial score (nSPS) is 40.6. The molecule has 6 heteroatoms. The molecule has 3 saturated heterocycles. The second-order valence-corrected chi connectivity index (χ2v) is 5.33. The predicted molar refractivity (Wildman–Crippen MR) is 55.7 cm³/mol. The van der Waals surface area contributed by atoms with Gasteiger partial charge < -0.3 is 10.1 Å². The van der Waals surface area contributed by atoms with Gasteiger partial charge in [-0.15, -0.1) is 0 Å². The zero-order valence-corrected chi connectivity index (χ0v) is 9.49. The van der Waals surface area contributed by atoms with E-state index in [0.29, 0.717) is 18.4 Å². The Morgan fingerprint density at radius 2 is 2.00 bits per heavy atom. The predicted octanol–water partition coefficient (Wildman–Crippen LogP) is 0.0884. The molecule has 3 unspecified atom stereocenters. The van der Waals surface area contributed by atoms with Gasteiger partial charge in [-0.05, 0) is 24.9 Å². The van der Waals surface area contributed by atoms with Crippen LogP contribution in [0.25, 0.3) is 0 Å². The molecule has 0 spiro atoms. The van der Waals surface area contributed by atoms with Crippen molar-refractivity contribution in [3.8, 4) is 0 Å². The third kappa shape index (κ3) is 2.04. The van der Waals surface area contributed by atoms with E-state index in [1.807, 2.05) is 0 Å². The van der Waals surface area contributed by atoms with Gasteiger partial charge in [0.05, 0.1) is 6.42 Å². The topological polar surface area (TPSA) is 41.6 Å². The van der Waals surface area contributed by atoms with Crippen molar-refractivity contribution in [3.63, 3.8) is 0 Å². The van der Waals surface area contributed by atoms with Crippen LogP contribution in [0.4, 0.5) is 8.78 Å². The summed E-state index contributed by atoms with van der Waals surface area (Å²) in [7, 11) is 0. The van der Waals surface area contributed by atoms with Gasteiger partial charge in [0, 0.05) is 19.6 Å². The second kappa shape index (κ2) is 3.88. The minimum absolute atomic E-state index is 0.453. The average Bonchev–Trinajstić information content (AvgIpc) is 2.81. The fourth-order valence-electron chi connectivity index (χ4n) is 3.14. The van der Waals surface area contributed by atoms with Crippen molar-refractivity contribution in [1.29, 1.82) is 0 Å². The van der Waals surface area contributed by atoms with Crippen LogP contribution in [0.3, 0.4) is 0 Å². The minimum Gasteiger partial charge on any atom is -0.456 e. The average molecular weight is 246 g/mol. The zero-order chi connectivity index (χ0) is 12.0. The maximum absolute atomic E-state index is 13.0. The molecule has 3 aliphatic rings. The van der Waals surface area contributed by atoms with Crippen LogP contribution in [0, 0.1) is 11.8 Å². The van der Waals surface area contributed by atoms with Gasteiger partial charge >= 0.3 is 11.9 Å². The molecule has 0 aliphatic carbocycles. The number of likely N-dealkylation sites (tertiary alicyclic amines) is 1. The fourth-order valence-corrected chi connectivity index (χ4v) is 3.14. The van der Waals surface area contributed by atoms with E-state index >= 15 is 0 Å². The summed E-state index contributed by atoms with van der Waals surface area (Å²) in [4.78, 5) is 13.0. The van der Waals surface area contributed by atoms with E-state index in [4.69, 9.17) is 4.74 Å². The summed E-state index contributed by atoms with van der Waals surface area (Å²) in [5.41, 5.74) is 0. The largest absolute Gasteiger partial charge is 0.456 e. The number of carbonyl (C=O) groups excluding carboxylic acids is 1. The third-order valence-corrected chi connectivity index (χ3v) is 3.98. The molecule has 0 amide bonds. The van der Waals surface area contributed by atoms with Crippen LogP contribution < -0.4 is 5.32 Å². The molecule has 0 aromatic carbocycles. The highest BCUT2D eigenvalue weighted by atomic mass is 19.3. The number of carbonyl (C=O) groups is 1. The lowest BCUT2D eigenvalue weighted by atomic mass is 10.0. The SMILES string of the molecule is O=C1OC(CN2CC3CNCC3C2)CC1(F)F. The number of halogens is 2. The van der Waals surface area contributed by atoms with Gasteiger partial charge in [0.1, 0.15) is 6.10 Å². The zero-order valence-electron chi connectivity index (χ0n) is 9.49. The molecule has 3 aliphatic heterocycles. The standard InChI is InChI=1S/C11H16F2N2O2/c12-11(13)1-9(17-10(11)16)6-15-4-7-2-14-3-8(7)5-15/h7-9,14H,1-6H2. The number of ether oxygens (including phenoxy) is 1. The first-order valence-electron chi connectivity index (χ1n) is 6.06. The molecule has 0 bridgehead atoms. The Labute approximate surface area is 98.3 Å². The molecule has 4 nitrogen and oxygen atoms in total. The highest BCUT2D eigenvalue weighted by molar-refractivity contribution is 5.79. The van der Waals surface area contributed by atoms with E-state index in [0.717, 1.165) is 26.2 Å². The molecule has 17 heavy (non-hydrogen) atoms. The number of rotatable bonds is 2. The third-order valence-electron chi connectivity index (χ3n) is 3.98. The maximum atomic E-state index is 13.0. The van der Waals surface area contributed by atoms with Gasteiger partial charge in [-0.3, -0.25) is 4.90 Å². The number of esters is 1. The Morgan fingerprint density at radius 3 is 2.53 bits per heavy atom. The van der Waals surface area contributed by atoms with E-state index in [1.165, 1.54) is 0 Å². The summed E-state index contributed by atoms with van der Waals surface area (Å²) in [5, 5.41) is 3.33. The van der Waals surface area contributed by atoms with Gasteiger partial charge in [-0.1, -0.05) is 0 Å². The number of cyclic esters (lactones) is 1. The van der Waals surface area contributed by atoms with E-state index < -0.39 is 24.4 Å². The van der Waals surface area contributed by atoms with Gasteiger partial charge in [0.2, 0.25) is 0 Å². The molecule has 96 valence electrons. The van der Waals surface area contributed by atoms with Crippen LogP contribution in [0.5, 0.6) is 0 Å². The molecule has 1 N–H and O–H groups in total. The molecule has 3 heterocycles. The Balaban J connectivity index is 1.54. The summed E-state index contributed by atoms with van der Waals surface area (Å²) in [6.07, 6.45) is -1.10. The molecule has 3 rings (SSSR count). The second-order valence-electron chi connectivity index (χ2n) is 5.33. The van der Waals surface area contributed by atoms with Crippen molar-refractivity contribution in [1.82, 2.24) is 10.2 Å². The van der Waals surface area contributed by atoms with Gasteiger partial charge in [-0.25, -0.2) is 4.79 Å². The van der Waals surface area contributed by atoms with E-state index in [9.17, 15) is 13.6 Å². The van der Waals surface area contributed by atoms with Crippen molar-refractivity contribution < 1.29 is 18.3 Å². The number of hydrogen-bond acceptors (Lipinski definition) is 4. The molecule has 3 fully saturated rings. The molecule has 3 atom stereocenters. The fraction of sp³-hybridized carbons (Fsp3) is 0.909. The van der Waals surface area contributed by atoms with Gasteiger partial charge in [0.15, 0.2) is 0 Å². The van der Waals surface area contributed by atoms with Crippen molar-refractivity contribution in [2.75, 3.05) is 32.7 Å². The van der Waals surface area contributed by atoms with Crippen molar-refractivity contribution in [2.24, 2.45) is 11.8 Å². The number of nitrogens with one attached hydrogen (secondary N) is 1. The minimum atomic E-state index is -3.28. The first-order valence-corrected chi connectivity index (χ1v) is 6.06.